The first-order chi connectivity index (χ1) is 11.5. The number of quaternary nitrogens is 1. The van der Waals surface area contributed by atoms with E-state index in [1.165, 1.54) is 4.90 Å². The standard InChI is InChI=1S/C18H24N2O4/c1-4-19(5-2)15-12-16(21)20(18(15)23)14-9-7-13(8-10-14)11-17(22)24-6-3/h7-10,15H,4-6,11-12H2,1-3H3/p+1/t15-/m1/s1. The molecule has 0 unspecified atom stereocenters. The maximum absolute atomic E-state index is 12.6. The van der Waals surface area contributed by atoms with Crippen molar-refractivity contribution >= 4 is 23.5 Å². The number of amides is 2. The molecule has 1 aliphatic rings. The van der Waals surface area contributed by atoms with E-state index in [-0.39, 0.29) is 36.7 Å². The van der Waals surface area contributed by atoms with Gasteiger partial charge in [-0.2, -0.15) is 0 Å². The summed E-state index contributed by atoms with van der Waals surface area (Å²) in [6.07, 6.45) is 0.433. The Hall–Kier alpha value is -2.21. The number of nitrogens with one attached hydrogen (secondary N) is 1. The van der Waals surface area contributed by atoms with Gasteiger partial charge in [-0.25, -0.2) is 4.90 Å². The van der Waals surface area contributed by atoms with Crippen LogP contribution >= 0.6 is 0 Å². The summed E-state index contributed by atoms with van der Waals surface area (Å²) in [5, 5.41) is 0. The van der Waals surface area contributed by atoms with E-state index in [0.717, 1.165) is 23.6 Å². The zero-order chi connectivity index (χ0) is 17.7. The Morgan fingerprint density at radius 2 is 1.79 bits per heavy atom. The molecule has 0 aliphatic carbocycles. The fourth-order valence-corrected chi connectivity index (χ4v) is 3.11. The van der Waals surface area contributed by atoms with Crippen LogP contribution in [0.3, 0.4) is 0 Å². The van der Waals surface area contributed by atoms with Crippen LogP contribution in [0.4, 0.5) is 5.69 Å². The highest BCUT2D eigenvalue weighted by molar-refractivity contribution is 6.21. The molecule has 1 saturated heterocycles. The second-order valence-electron chi connectivity index (χ2n) is 5.84. The van der Waals surface area contributed by atoms with Crippen LogP contribution in [0, 0.1) is 0 Å². The third-order valence-corrected chi connectivity index (χ3v) is 4.40. The minimum Gasteiger partial charge on any atom is -0.466 e. The van der Waals surface area contributed by atoms with Crippen molar-refractivity contribution in [2.45, 2.75) is 39.7 Å². The van der Waals surface area contributed by atoms with Gasteiger partial charge in [-0.15, -0.1) is 0 Å². The third kappa shape index (κ3) is 3.82. The van der Waals surface area contributed by atoms with Gasteiger partial charge in [0.15, 0.2) is 6.04 Å². The monoisotopic (exact) mass is 333 g/mol. The summed E-state index contributed by atoms with van der Waals surface area (Å²) in [5.74, 6) is -0.594. The van der Waals surface area contributed by atoms with Crippen LogP contribution in [0.25, 0.3) is 0 Å². The molecule has 130 valence electrons. The largest absolute Gasteiger partial charge is 0.466 e. The van der Waals surface area contributed by atoms with Crippen molar-refractivity contribution in [1.82, 2.24) is 0 Å². The average Bonchev–Trinajstić information content (AvgIpc) is 2.85. The molecule has 1 heterocycles. The van der Waals surface area contributed by atoms with Gasteiger partial charge in [0.1, 0.15) is 0 Å². The van der Waals surface area contributed by atoms with Gasteiger partial charge in [0, 0.05) is 0 Å². The van der Waals surface area contributed by atoms with Crippen LogP contribution in [-0.2, 0) is 25.5 Å². The molecule has 0 bridgehead atoms. The molecule has 2 amide bonds. The Morgan fingerprint density at radius 1 is 1.17 bits per heavy atom. The molecule has 0 spiro atoms. The first-order valence-electron chi connectivity index (χ1n) is 8.47. The molecule has 2 rings (SSSR count). The van der Waals surface area contributed by atoms with E-state index in [9.17, 15) is 14.4 Å². The molecule has 0 aromatic heterocycles. The predicted octanol–water partition coefficient (Wildman–Crippen LogP) is 0.349. The van der Waals surface area contributed by atoms with Crippen LogP contribution in [0.5, 0.6) is 0 Å². The SMILES string of the molecule is CCOC(=O)Cc1ccc(N2C(=O)C[C@@H]([NH+](CC)CC)C2=O)cc1. The van der Waals surface area contributed by atoms with Gasteiger partial charge in [0.25, 0.3) is 5.91 Å². The number of imide groups is 1. The van der Waals surface area contributed by atoms with E-state index in [4.69, 9.17) is 4.74 Å². The van der Waals surface area contributed by atoms with Crippen molar-refractivity contribution in [3.8, 4) is 0 Å². The Balaban J connectivity index is 2.12. The molecule has 6 heteroatoms. The van der Waals surface area contributed by atoms with Gasteiger partial charge >= 0.3 is 5.97 Å². The summed E-state index contributed by atoms with van der Waals surface area (Å²) in [4.78, 5) is 38.8. The summed E-state index contributed by atoms with van der Waals surface area (Å²) >= 11 is 0. The van der Waals surface area contributed by atoms with Crippen molar-refractivity contribution in [1.29, 1.82) is 0 Å². The number of rotatable bonds is 7. The van der Waals surface area contributed by atoms with E-state index in [1.54, 1.807) is 31.2 Å². The number of nitrogens with zero attached hydrogens (tertiary/aromatic N) is 1. The van der Waals surface area contributed by atoms with E-state index in [2.05, 4.69) is 0 Å². The normalized spacial score (nSPS) is 17.7. The minimum absolute atomic E-state index is 0.142. The molecule has 1 atom stereocenters. The Kier molecular flexibility index (Phi) is 6.09. The lowest BCUT2D eigenvalue weighted by Gasteiger charge is -2.21. The van der Waals surface area contributed by atoms with Crippen LogP contribution in [0.15, 0.2) is 24.3 Å². The van der Waals surface area contributed by atoms with Crippen molar-refractivity contribution in [3.05, 3.63) is 29.8 Å². The molecule has 0 saturated carbocycles. The highest BCUT2D eigenvalue weighted by atomic mass is 16.5. The average molecular weight is 333 g/mol. The van der Waals surface area contributed by atoms with Crippen LogP contribution in [-0.4, -0.2) is 43.5 Å². The maximum atomic E-state index is 12.6. The molecule has 6 nitrogen and oxygen atoms in total. The van der Waals surface area contributed by atoms with E-state index >= 15 is 0 Å². The summed E-state index contributed by atoms with van der Waals surface area (Å²) in [6, 6.07) is 6.63. The Labute approximate surface area is 142 Å². The topological polar surface area (TPSA) is 68.1 Å². The van der Waals surface area contributed by atoms with Crippen LogP contribution in [0.2, 0.25) is 0 Å². The molecule has 1 aromatic rings. The molecule has 24 heavy (non-hydrogen) atoms. The number of carbonyl (C=O) groups excluding carboxylic acids is 3. The third-order valence-electron chi connectivity index (χ3n) is 4.40. The van der Waals surface area contributed by atoms with Crippen molar-refractivity contribution in [3.63, 3.8) is 0 Å². The fourth-order valence-electron chi connectivity index (χ4n) is 3.11. The van der Waals surface area contributed by atoms with Gasteiger partial charge in [0.05, 0.1) is 38.2 Å². The van der Waals surface area contributed by atoms with Crippen LogP contribution in [0.1, 0.15) is 32.8 Å². The number of hydrogen-bond donors (Lipinski definition) is 1. The van der Waals surface area contributed by atoms with Gasteiger partial charge in [-0.05, 0) is 38.5 Å². The molecule has 1 fully saturated rings. The lowest BCUT2D eigenvalue weighted by atomic mass is 10.1. The Bertz CT molecular complexity index is 608. The smallest absolute Gasteiger partial charge is 0.310 e. The molecule has 1 aliphatic heterocycles. The summed E-state index contributed by atoms with van der Waals surface area (Å²) in [6.45, 7) is 7.77. The predicted molar refractivity (Wildman–Crippen MR) is 89.7 cm³/mol. The maximum Gasteiger partial charge on any atom is 0.310 e. The lowest BCUT2D eigenvalue weighted by Crippen LogP contribution is -3.16. The molecule has 1 aromatic carbocycles. The minimum atomic E-state index is -0.299. The molecule has 1 N–H and O–H groups in total. The summed E-state index contributed by atoms with van der Waals surface area (Å²) < 4.78 is 4.91. The van der Waals surface area contributed by atoms with Crippen molar-refractivity contribution < 1.29 is 24.0 Å². The number of anilines is 1. The highest BCUT2D eigenvalue weighted by Gasteiger charge is 2.44. The zero-order valence-electron chi connectivity index (χ0n) is 14.5. The highest BCUT2D eigenvalue weighted by Crippen LogP contribution is 2.22. The van der Waals surface area contributed by atoms with E-state index < -0.39 is 0 Å². The first kappa shape index (κ1) is 18.1. The number of carbonyl (C=O) groups is 3. The second kappa shape index (κ2) is 8.06. The zero-order valence-corrected chi connectivity index (χ0v) is 14.5. The van der Waals surface area contributed by atoms with Gasteiger partial charge < -0.3 is 9.64 Å². The second-order valence-corrected chi connectivity index (χ2v) is 5.84. The van der Waals surface area contributed by atoms with E-state index in [0.29, 0.717) is 12.3 Å². The quantitative estimate of drug-likeness (QED) is 0.577. The van der Waals surface area contributed by atoms with Gasteiger partial charge in [-0.3, -0.25) is 14.4 Å². The summed E-state index contributed by atoms with van der Waals surface area (Å²) in [5.41, 5.74) is 1.36. The van der Waals surface area contributed by atoms with Gasteiger partial charge in [-0.1, -0.05) is 12.1 Å². The number of hydrogen-bond acceptors (Lipinski definition) is 4. The van der Waals surface area contributed by atoms with Crippen molar-refractivity contribution in [2.24, 2.45) is 0 Å². The number of likely N-dealkylation sites (N-methyl/N-ethyl adjacent to an activating group) is 1. The summed E-state index contributed by atoms with van der Waals surface area (Å²) in [7, 11) is 0. The van der Waals surface area contributed by atoms with Gasteiger partial charge in [0.2, 0.25) is 5.91 Å². The molecular weight excluding hydrogens is 308 g/mol. The molecule has 0 radical (unpaired) electrons. The number of benzene rings is 1. The van der Waals surface area contributed by atoms with E-state index in [1.807, 2.05) is 13.8 Å². The Morgan fingerprint density at radius 3 is 2.33 bits per heavy atom. The lowest BCUT2D eigenvalue weighted by molar-refractivity contribution is -0.911. The number of esters is 1. The van der Waals surface area contributed by atoms with Crippen molar-refractivity contribution in [2.75, 3.05) is 24.6 Å². The first-order valence-corrected chi connectivity index (χ1v) is 8.47. The number of ether oxygens (including phenoxy) is 1. The fraction of sp³-hybridized carbons (Fsp3) is 0.500. The molecular formula is C18H25N2O4+. The van der Waals surface area contributed by atoms with Crippen LogP contribution < -0.4 is 9.80 Å².